The van der Waals surface area contributed by atoms with Crippen molar-refractivity contribution in [2.24, 2.45) is 10.9 Å². The van der Waals surface area contributed by atoms with Crippen LogP contribution in [0.4, 0.5) is 0 Å². The molecule has 2 heterocycles. The van der Waals surface area contributed by atoms with Gasteiger partial charge in [-0.3, -0.25) is 9.89 Å². The number of benzene rings is 1. The van der Waals surface area contributed by atoms with Gasteiger partial charge in [-0.25, -0.2) is 0 Å². The van der Waals surface area contributed by atoms with E-state index in [1.807, 2.05) is 13.0 Å². The average molecular weight is 405 g/mol. The Balaban J connectivity index is 1.53. The van der Waals surface area contributed by atoms with Crippen molar-refractivity contribution in [1.82, 2.24) is 15.5 Å². The van der Waals surface area contributed by atoms with Gasteiger partial charge in [0.15, 0.2) is 5.96 Å². The predicted molar refractivity (Wildman–Crippen MR) is 115 cm³/mol. The summed E-state index contributed by atoms with van der Waals surface area (Å²) in [6, 6.07) is 10.4. The van der Waals surface area contributed by atoms with Gasteiger partial charge in [-0.05, 0) is 25.8 Å². The molecule has 1 aromatic rings. The lowest BCUT2D eigenvalue weighted by Crippen LogP contribution is -2.48. The Kier molecular flexibility index (Phi) is 8.29. The van der Waals surface area contributed by atoms with Crippen LogP contribution in [0.15, 0.2) is 35.3 Å². The third kappa shape index (κ3) is 6.96. The molecule has 0 bridgehead atoms. The van der Waals surface area contributed by atoms with Crippen molar-refractivity contribution in [3.05, 3.63) is 35.9 Å². The van der Waals surface area contributed by atoms with Crippen LogP contribution in [0, 0.1) is 5.92 Å². The van der Waals surface area contributed by atoms with Crippen molar-refractivity contribution in [2.75, 3.05) is 59.1 Å². The van der Waals surface area contributed by atoms with Crippen LogP contribution >= 0.6 is 0 Å². The van der Waals surface area contributed by atoms with Gasteiger partial charge in [0.05, 0.1) is 31.5 Å². The molecule has 3 unspecified atom stereocenters. The molecule has 0 aromatic heterocycles. The molecular weight excluding hydrogens is 368 g/mol. The van der Waals surface area contributed by atoms with E-state index in [9.17, 15) is 5.11 Å². The van der Waals surface area contributed by atoms with Gasteiger partial charge in [-0.1, -0.05) is 30.3 Å². The zero-order chi connectivity index (χ0) is 20.5. The summed E-state index contributed by atoms with van der Waals surface area (Å²) >= 11 is 0. The number of ether oxygens (including phenoxy) is 2. The SMILES string of the molecule is CCNC(=NCC(C)(O)CN1CCOCC1)NCC1CCOC1c1ccccc1. The second-order valence-corrected chi connectivity index (χ2v) is 8.21. The number of morpholine rings is 1. The molecule has 2 aliphatic heterocycles. The minimum Gasteiger partial charge on any atom is -0.387 e. The Labute approximate surface area is 174 Å². The van der Waals surface area contributed by atoms with E-state index in [2.05, 4.69) is 51.7 Å². The second kappa shape index (κ2) is 10.9. The summed E-state index contributed by atoms with van der Waals surface area (Å²) in [5.74, 6) is 1.14. The fraction of sp³-hybridized carbons (Fsp3) is 0.682. The second-order valence-electron chi connectivity index (χ2n) is 8.21. The summed E-state index contributed by atoms with van der Waals surface area (Å²) in [6.45, 7) is 10.4. The lowest BCUT2D eigenvalue weighted by atomic mass is 9.95. The van der Waals surface area contributed by atoms with Crippen molar-refractivity contribution in [1.29, 1.82) is 0 Å². The smallest absolute Gasteiger partial charge is 0.191 e. The molecule has 2 aliphatic rings. The van der Waals surface area contributed by atoms with Gasteiger partial charge in [0, 0.05) is 45.2 Å². The van der Waals surface area contributed by atoms with Crippen molar-refractivity contribution < 1.29 is 14.6 Å². The topological polar surface area (TPSA) is 78.4 Å². The Morgan fingerprint density at radius 2 is 1.97 bits per heavy atom. The standard InChI is InChI=1S/C22H36N4O3/c1-3-23-21(25-16-22(2,27)17-26-10-13-28-14-11-26)24-15-19-9-12-29-20(19)18-7-5-4-6-8-18/h4-8,19-20,27H,3,9-17H2,1-2H3,(H2,23,24,25). The maximum atomic E-state index is 10.8. The van der Waals surface area contributed by atoms with E-state index in [0.717, 1.165) is 58.4 Å². The molecule has 7 nitrogen and oxygen atoms in total. The Morgan fingerprint density at radius 1 is 1.21 bits per heavy atom. The molecule has 3 N–H and O–H groups in total. The van der Waals surface area contributed by atoms with Gasteiger partial charge in [0.2, 0.25) is 0 Å². The van der Waals surface area contributed by atoms with Crippen LogP contribution in [-0.2, 0) is 9.47 Å². The Bertz CT molecular complexity index is 632. The molecule has 162 valence electrons. The summed E-state index contributed by atoms with van der Waals surface area (Å²) < 4.78 is 11.4. The molecule has 0 amide bonds. The van der Waals surface area contributed by atoms with Gasteiger partial charge in [-0.2, -0.15) is 0 Å². The van der Waals surface area contributed by atoms with Gasteiger partial charge in [-0.15, -0.1) is 0 Å². The zero-order valence-corrected chi connectivity index (χ0v) is 17.8. The minimum atomic E-state index is -0.872. The van der Waals surface area contributed by atoms with Crippen LogP contribution in [0.5, 0.6) is 0 Å². The fourth-order valence-electron chi connectivity index (χ4n) is 3.96. The third-order valence-corrected chi connectivity index (χ3v) is 5.46. The summed E-state index contributed by atoms with van der Waals surface area (Å²) in [5.41, 5.74) is 0.357. The lowest BCUT2D eigenvalue weighted by molar-refractivity contribution is -0.0180. The maximum absolute atomic E-state index is 10.8. The maximum Gasteiger partial charge on any atom is 0.191 e. The van der Waals surface area contributed by atoms with Gasteiger partial charge in [0.1, 0.15) is 0 Å². The van der Waals surface area contributed by atoms with Gasteiger partial charge >= 0.3 is 0 Å². The van der Waals surface area contributed by atoms with Crippen LogP contribution < -0.4 is 10.6 Å². The number of β-amino-alcohol motifs (C(OH)–C–C–N with tert-alkyl or cyclic N) is 1. The van der Waals surface area contributed by atoms with Crippen molar-refractivity contribution in [3.63, 3.8) is 0 Å². The Morgan fingerprint density at radius 3 is 2.69 bits per heavy atom. The lowest BCUT2D eigenvalue weighted by Gasteiger charge is -2.33. The minimum absolute atomic E-state index is 0.121. The summed E-state index contributed by atoms with van der Waals surface area (Å²) in [4.78, 5) is 6.89. The molecule has 3 rings (SSSR count). The molecule has 0 aliphatic carbocycles. The molecular formula is C22H36N4O3. The van der Waals surface area contributed by atoms with E-state index in [1.165, 1.54) is 5.56 Å². The van der Waals surface area contributed by atoms with Crippen LogP contribution in [0.25, 0.3) is 0 Å². The predicted octanol–water partition coefficient (Wildman–Crippen LogP) is 1.40. The summed E-state index contributed by atoms with van der Waals surface area (Å²) in [5, 5.41) is 17.5. The first-order chi connectivity index (χ1) is 14.1. The van der Waals surface area contributed by atoms with E-state index in [4.69, 9.17) is 9.47 Å². The number of rotatable bonds is 8. The summed E-state index contributed by atoms with van der Waals surface area (Å²) in [7, 11) is 0. The molecule has 2 fully saturated rings. The first-order valence-corrected chi connectivity index (χ1v) is 10.8. The molecule has 0 saturated carbocycles. The molecule has 29 heavy (non-hydrogen) atoms. The highest BCUT2D eigenvalue weighted by molar-refractivity contribution is 5.79. The van der Waals surface area contributed by atoms with Gasteiger partial charge < -0.3 is 25.2 Å². The molecule has 2 saturated heterocycles. The fourth-order valence-corrected chi connectivity index (χ4v) is 3.96. The van der Waals surface area contributed by atoms with Crippen LogP contribution in [0.1, 0.15) is 31.9 Å². The van der Waals surface area contributed by atoms with Crippen LogP contribution in [0.2, 0.25) is 0 Å². The largest absolute Gasteiger partial charge is 0.387 e. The quantitative estimate of drug-likeness (QED) is 0.449. The van der Waals surface area contributed by atoms with E-state index in [-0.39, 0.29) is 6.10 Å². The monoisotopic (exact) mass is 404 g/mol. The third-order valence-electron chi connectivity index (χ3n) is 5.46. The first-order valence-electron chi connectivity index (χ1n) is 10.8. The van der Waals surface area contributed by atoms with Crippen molar-refractivity contribution in [3.8, 4) is 0 Å². The summed E-state index contributed by atoms with van der Waals surface area (Å²) in [6.07, 6.45) is 1.15. The molecule has 7 heteroatoms. The van der Waals surface area contributed by atoms with Crippen molar-refractivity contribution in [2.45, 2.75) is 32.0 Å². The Hall–Kier alpha value is -1.67. The average Bonchev–Trinajstić information content (AvgIpc) is 3.20. The highest BCUT2D eigenvalue weighted by Gasteiger charge is 2.30. The normalized spacial score (nSPS) is 25.6. The first kappa shape index (κ1) is 22.0. The highest BCUT2D eigenvalue weighted by atomic mass is 16.5. The van der Waals surface area contributed by atoms with E-state index < -0.39 is 5.60 Å². The van der Waals surface area contributed by atoms with Gasteiger partial charge in [0.25, 0.3) is 0 Å². The molecule has 0 radical (unpaired) electrons. The number of guanidine groups is 1. The van der Waals surface area contributed by atoms with Crippen LogP contribution in [0.3, 0.4) is 0 Å². The number of aliphatic hydroxyl groups is 1. The number of hydrogen-bond donors (Lipinski definition) is 3. The highest BCUT2D eigenvalue weighted by Crippen LogP contribution is 2.33. The number of aliphatic imine (C=N–C) groups is 1. The number of hydrogen-bond acceptors (Lipinski definition) is 5. The van der Waals surface area contributed by atoms with Crippen LogP contribution in [-0.4, -0.2) is 80.7 Å². The number of nitrogens with one attached hydrogen (secondary N) is 2. The molecule has 1 aromatic carbocycles. The van der Waals surface area contributed by atoms with Crippen molar-refractivity contribution >= 4 is 5.96 Å². The number of nitrogens with zero attached hydrogens (tertiary/aromatic N) is 2. The van der Waals surface area contributed by atoms with E-state index in [1.54, 1.807) is 0 Å². The van der Waals surface area contributed by atoms with E-state index in [0.29, 0.717) is 19.0 Å². The molecule has 3 atom stereocenters. The zero-order valence-electron chi connectivity index (χ0n) is 17.8. The van der Waals surface area contributed by atoms with E-state index >= 15 is 0 Å². The molecule has 0 spiro atoms.